The minimum atomic E-state index is -0.00266. The molecule has 1 aliphatic heterocycles. The Morgan fingerprint density at radius 2 is 2.00 bits per heavy atom. The van der Waals surface area contributed by atoms with Crippen molar-refractivity contribution in [1.82, 2.24) is 4.57 Å². The van der Waals surface area contributed by atoms with Gasteiger partial charge in [0.25, 0.3) is 5.56 Å². The standard InChI is InChI=1S/C20H24N2O2/c1-5-9-22-15(4)14(3)19-16(6-2)18(8-7-17(19)20(22)23)21-10-12-24-13-11-21/h5-8H,1,4,9-13H2,2-3H3/b16-6-. The Bertz CT molecular complexity index is 950. The third kappa shape index (κ3) is 2.57. The van der Waals surface area contributed by atoms with E-state index in [-0.39, 0.29) is 5.56 Å². The first-order valence-electron chi connectivity index (χ1n) is 8.35. The fourth-order valence-electron chi connectivity index (χ4n) is 3.50. The summed E-state index contributed by atoms with van der Waals surface area (Å²) in [6.45, 7) is 15.6. The molecular weight excluding hydrogens is 300 g/mol. The van der Waals surface area contributed by atoms with Gasteiger partial charge in [0.15, 0.2) is 0 Å². The van der Waals surface area contributed by atoms with E-state index in [1.54, 1.807) is 10.6 Å². The van der Waals surface area contributed by atoms with Gasteiger partial charge >= 0.3 is 0 Å². The van der Waals surface area contributed by atoms with E-state index in [1.807, 2.05) is 19.9 Å². The Balaban J connectivity index is 2.37. The maximum atomic E-state index is 12.9. The molecule has 0 unspecified atom stereocenters. The highest BCUT2D eigenvalue weighted by Gasteiger charge is 2.16. The summed E-state index contributed by atoms with van der Waals surface area (Å²) in [7, 11) is 0. The van der Waals surface area contributed by atoms with E-state index in [0.717, 1.165) is 58.9 Å². The molecule has 1 fully saturated rings. The largest absolute Gasteiger partial charge is 0.378 e. The second-order valence-electron chi connectivity index (χ2n) is 6.09. The molecule has 0 aliphatic carbocycles. The molecule has 4 nitrogen and oxygen atoms in total. The molecule has 1 aliphatic rings. The lowest BCUT2D eigenvalue weighted by atomic mass is 10.0. The summed E-state index contributed by atoms with van der Waals surface area (Å²) in [5.74, 6) is 0. The summed E-state index contributed by atoms with van der Waals surface area (Å²) in [5.41, 5.74) is 2.21. The van der Waals surface area contributed by atoms with Crippen LogP contribution in [-0.4, -0.2) is 30.9 Å². The Kier molecular flexibility index (Phi) is 4.58. The van der Waals surface area contributed by atoms with Crippen LogP contribution in [0.4, 0.5) is 5.69 Å². The Labute approximate surface area is 142 Å². The number of anilines is 1. The van der Waals surface area contributed by atoms with E-state index in [2.05, 4.69) is 30.2 Å². The number of allylic oxidation sites excluding steroid dienone is 1. The van der Waals surface area contributed by atoms with Gasteiger partial charge in [-0.3, -0.25) is 4.79 Å². The number of ether oxygens (including phenoxy) is 1. The van der Waals surface area contributed by atoms with Crippen LogP contribution in [0, 0.1) is 6.92 Å². The van der Waals surface area contributed by atoms with E-state index in [4.69, 9.17) is 4.74 Å². The summed E-state index contributed by atoms with van der Waals surface area (Å²) >= 11 is 0. The van der Waals surface area contributed by atoms with Crippen LogP contribution in [0.2, 0.25) is 0 Å². The second kappa shape index (κ2) is 6.65. The van der Waals surface area contributed by atoms with Gasteiger partial charge in [0.05, 0.1) is 13.2 Å². The first kappa shape index (κ1) is 16.5. The molecule has 0 amide bonds. The molecule has 2 aromatic rings. The van der Waals surface area contributed by atoms with E-state index in [9.17, 15) is 4.79 Å². The smallest absolute Gasteiger partial charge is 0.259 e. The monoisotopic (exact) mass is 324 g/mol. The first-order valence-corrected chi connectivity index (χ1v) is 8.35. The Morgan fingerprint density at radius 3 is 2.62 bits per heavy atom. The van der Waals surface area contributed by atoms with E-state index >= 15 is 0 Å². The van der Waals surface area contributed by atoms with Crippen molar-refractivity contribution in [1.29, 1.82) is 0 Å². The van der Waals surface area contributed by atoms with Gasteiger partial charge < -0.3 is 14.2 Å². The number of aryl methyl sites for hydroxylation is 1. The molecule has 4 heteroatoms. The zero-order valence-electron chi connectivity index (χ0n) is 14.5. The van der Waals surface area contributed by atoms with Crippen molar-refractivity contribution in [3.63, 3.8) is 0 Å². The van der Waals surface area contributed by atoms with Crippen LogP contribution in [0.5, 0.6) is 0 Å². The van der Waals surface area contributed by atoms with Gasteiger partial charge in [-0.25, -0.2) is 0 Å². The molecule has 3 rings (SSSR count). The zero-order chi connectivity index (χ0) is 17.3. The van der Waals surface area contributed by atoms with E-state index < -0.39 is 0 Å². The average molecular weight is 324 g/mol. The van der Waals surface area contributed by atoms with Crippen molar-refractivity contribution < 1.29 is 4.74 Å². The topological polar surface area (TPSA) is 34.5 Å². The molecule has 2 heterocycles. The number of benzene rings is 1. The third-order valence-corrected chi connectivity index (χ3v) is 4.78. The number of hydrogen-bond donors (Lipinski definition) is 0. The molecule has 0 N–H and O–H groups in total. The molecule has 0 radical (unpaired) electrons. The maximum absolute atomic E-state index is 12.9. The number of fused-ring (bicyclic) bond motifs is 1. The van der Waals surface area contributed by atoms with E-state index in [0.29, 0.717) is 6.54 Å². The predicted octanol–water partition coefficient (Wildman–Crippen LogP) is 1.54. The molecular formula is C20H24N2O2. The van der Waals surface area contributed by atoms with Crippen LogP contribution in [0.15, 0.2) is 29.6 Å². The summed E-state index contributed by atoms with van der Waals surface area (Å²) in [6, 6.07) is 4.01. The lowest BCUT2D eigenvalue weighted by molar-refractivity contribution is 0.122. The lowest BCUT2D eigenvalue weighted by Crippen LogP contribution is -2.40. The van der Waals surface area contributed by atoms with Gasteiger partial charge in [0.1, 0.15) is 0 Å². The highest BCUT2D eigenvalue weighted by molar-refractivity contribution is 5.89. The average Bonchev–Trinajstić information content (AvgIpc) is 2.62. The van der Waals surface area contributed by atoms with Crippen molar-refractivity contribution in [2.45, 2.75) is 20.4 Å². The van der Waals surface area contributed by atoms with Crippen molar-refractivity contribution in [3.8, 4) is 0 Å². The third-order valence-electron chi connectivity index (χ3n) is 4.78. The lowest BCUT2D eigenvalue weighted by Gasteiger charge is -2.30. The van der Waals surface area contributed by atoms with Crippen molar-refractivity contribution >= 4 is 29.1 Å². The fourth-order valence-corrected chi connectivity index (χ4v) is 3.50. The van der Waals surface area contributed by atoms with Crippen LogP contribution in [0.1, 0.15) is 12.5 Å². The summed E-state index contributed by atoms with van der Waals surface area (Å²) < 4.78 is 7.16. The number of pyridine rings is 1. The van der Waals surface area contributed by atoms with Crippen LogP contribution < -0.4 is 21.0 Å². The SMILES string of the molecule is C=CCn1c(=C)c(C)c2/c(=C\C)c(N3CCOCC3)ccc2c1=O. The van der Waals surface area contributed by atoms with Crippen LogP contribution >= 0.6 is 0 Å². The number of aromatic nitrogens is 1. The summed E-state index contributed by atoms with van der Waals surface area (Å²) in [6.07, 6.45) is 3.83. The number of hydrogen-bond acceptors (Lipinski definition) is 3. The number of rotatable bonds is 3. The van der Waals surface area contributed by atoms with E-state index in [1.165, 1.54) is 0 Å². The van der Waals surface area contributed by atoms with Gasteiger partial charge in [-0.1, -0.05) is 18.7 Å². The normalized spacial score (nSPS) is 15.9. The van der Waals surface area contributed by atoms with Crippen LogP contribution in [-0.2, 0) is 11.3 Å². The first-order chi connectivity index (χ1) is 11.6. The quantitative estimate of drug-likeness (QED) is 0.804. The minimum absolute atomic E-state index is 0.00266. The van der Waals surface area contributed by atoms with Crippen LogP contribution in [0.25, 0.3) is 23.4 Å². The minimum Gasteiger partial charge on any atom is -0.378 e. The van der Waals surface area contributed by atoms with Crippen molar-refractivity contribution in [2.75, 3.05) is 31.2 Å². The molecule has 24 heavy (non-hydrogen) atoms. The molecule has 126 valence electrons. The number of morpholine rings is 1. The van der Waals surface area contributed by atoms with Crippen molar-refractivity contribution in [3.05, 3.63) is 51.3 Å². The molecule has 1 aromatic heterocycles. The van der Waals surface area contributed by atoms with Gasteiger partial charge in [-0.2, -0.15) is 0 Å². The molecule has 0 bridgehead atoms. The van der Waals surface area contributed by atoms with Crippen molar-refractivity contribution in [2.24, 2.45) is 0 Å². The highest BCUT2D eigenvalue weighted by atomic mass is 16.5. The molecule has 1 saturated heterocycles. The van der Waals surface area contributed by atoms with Gasteiger partial charge in [0, 0.05) is 46.7 Å². The molecule has 0 spiro atoms. The second-order valence-corrected chi connectivity index (χ2v) is 6.09. The molecule has 1 aromatic carbocycles. The Morgan fingerprint density at radius 1 is 1.29 bits per heavy atom. The fraction of sp³-hybridized carbons (Fsp3) is 0.350. The molecule has 0 atom stereocenters. The zero-order valence-corrected chi connectivity index (χ0v) is 14.5. The summed E-state index contributed by atoms with van der Waals surface area (Å²) in [4.78, 5) is 15.2. The van der Waals surface area contributed by atoms with Crippen LogP contribution in [0.3, 0.4) is 0 Å². The number of nitrogens with zero attached hydrogens (tertiary/aromatic N) is 2. The predicted molar refractivity (Wildman–Crippen MR) is 101 cm³/mol. The van der Waals surface area contributed by atoms with Gasteiger partial charge in [-0.15, -0.1) is 6.58 Å². The maximum Gasteiger partial charge on any atom is 0.259 e. The van der Waals surface area contributed by atoms with Gasteiger partial charge in [-0.05, 0) is 31.5 Å². The molecule has 0 saturated carbocycles. The van der Waals surface area contributed by atoms with Gasteiger partial charge in [0.2, 0.25) is 0 Å². The summed E-state index contributed by atoms with van der Waals surface area (Å²) in [5, 5.41) is 3.62. The highest BCUT2D eigenvalue weighted by Crippen LogP contribution is 2.17. The Hall–Kier alpha value is -2.33.